The van der Waals surface area contributed by atoms with Crippen molar-refractivity contribution in [1.82, 2.24) is 9.97 Å². The van der Waals surface area contributed by atoms with E-state index < -0.39 is 0 Å². The monoisotopic (exact) mass is 301 g/mol. The lowest BCUT2D eigenvalue weighted by atomic mass is 10.2. The van der Waals surface area contributed by atoms with Gasteiger partial charge in [0.25, 0.3) is 5.56 Å². The Kier molecular flexibility index (Phi) is 5.68. The lowest BCUT2D eigenvalue weighted by Crippen LogP contribution is -2.35. The van der Waals surface area contributed by atoms with Gasteiger partial charge in [-0.1, -0.05) is 20.3 Å². The summed E-state index contributed by atoms with van der Waals surface area (Å²) in [6.07, 6.45) is 4.73. The third kappa shape index (κ3) is 3.56. The van der Waals surface area contributed by atoms with Gasteiger partial charge in [-0.2, -0.15) is 0 Å². The van der Waals surface area contributed by atoms with Gasteiger partial charge in [0.1, 0.15) is 4.47 Å². The van der Waals surface area contributed by atoms with Crippen LogP contribution in [0.15, 0.2) is 15.6 Å². The third-order valence-corrected chi connectivity index (χ3v) is 3.64. The molecule has 5 heteroatoms. The van der Waals surface area contributed by atoms with Crippen LogP contribution in [0.4, 0.5) is 5.82 Å². The van der Waals surface area contributed by atoms with Crippen LogP contribution in [-0.4, -0.2) is 22.6 Å². The van der Waals surface area contributed by atoms with Crippen LogP contribution in [0.1, 0.15) is 40.0 Å². The summed E-state index contributed by atoms with van der Waals surface area (Å²) < 4.78 is 0.524. The van der Waals surface area contributed by atoms with E-state index in [0.717, 1.165) is 31.6 Å². The predicted molar refractivity (Wildman–Crippen MR) is 74.6 cm³/mol. The van der Waals surface area contributed by atoms with Crippen molar-refractivity contribution in [2.24, 2.45) is 0 Å². The smallest absolute Gasteiger partial charge is 0.267 e. The van der Waals surface area contributed by atoms with Gasteiger partial charge in [0.15, 0.2) is 5.82 Å². The van der Waals surface area contributed by atoms with Crippen LogP contribution < -0.4 is 10.5 Å². The van der Waals surface area contributed by atoms with Crippen molar-refractivity contribution >= 4 is 21.7 Å². The van der Waals surface area contributed by atoms with Crippen molar-refractivity contribution in [2.45, 2.75) is 46.1 Å². The summed E-state index contributed by atoms with van der Waals surface area (Å²) in [6, 6.07) is 0.382. The molecule has 0 aliphatic rings. The summed E-state index contributed by atoms with van der Waals surface area (Å²) in [5, 5.41) is 0. The van der Waals surface area contributed by atoms with Crippen LogP contribution in [0.25, 0.3) is 0 Å². The second-order valence-corrected chi connectivity index (χ2v) is 4.97. The van der Waals surface area contributed by atoms with Crippen molar-refractivity contribution in [1.29, 1.82) is 0 Å². The zero-order valence-electron chi connectivity index (χ0n) is 10.7. The van der Waals surface area contributed by atoms with Gasteiger partial charge in [-0.25, -0.2) is 4.98 Å². The number of aromatic nitrogens is 2. The lowest BCUT2D eigenvalue weighted by Gasteiger charge is -2.30. The minimum Gasteiger partial charge on any atom is -0.353 e. The summed E-state index contributed by atoms with van der Waals surface area (Å²) in [5.41, 5.74) is -0.125. The van der Waals surface area contributed by atoms with Gasteiger partial charge in [-0.3, -0.25) is 4.79 Å². The van der Waals surface area contributed by atoms with E-state index in [-0.39, 0.29) is 5.56 Å². The van der Waals surface area contributed by atoms with Crippen molar-refractivity contribution in [3.8, 4) is 0 Å². The Hall–Kier alpha value is -0.840. The molecule has 0 saturated heterocycles. The average molecular weight is 302 g/mol. The quantitative estimate of drug-likeness (QED) is 0.879. The number of unbranched alkanes of at least 4 members (excludes halogenated alkanes) is 1. The van der Waals surface area contributed by atoms with Gasteiger partial charge < -0.3 is 9.88 Å². The zero-order chi connectivity index (χ0) is 12.8. The van der Waals surface area contributed by atoms with E-state index in [2.05, 4.69) is 51.6 Å². The first-order valence-corrected chi connectivity index (χ1v) is 6.90. The summed E-state index contributed by atoms with van der Waals surface area (Å²) in [6.45, 7) is 7.39. The number of aromatic amines is 1. The van der Waals surface area contributed by atoms with Gasteiger partial charge >= 0.3 is 0 Å². The molecule has 96 valence electrons. The van der Waals surface area contributed by atoms with Crippen molar-refractivity contribution in [2.75, 3.05) is 11.4 Å². The van der Waals surface area contributed by atoms with Gasteiger partial charge in [-0.15, -0.1) is 0 Å². The number of hydrogen-bond donors (Lipinski definition) is 1. The summed E-state index contributed by atoms with van der Waals surface area (Å²) >= 11 is 3.32. The molecule has 0 spiro atoms. The number of H-pyrrole nitrogens is 1. The Morgan fingerprint density at radius 3 is 2.82 bits per heavy atom. The molecule has 0 aromatic carbocycles. The lowest BCUT2D eigenvalue weighted by molar-refractivity contribution is 0.587. The SMILES string of the molecule is CCCCN(c1nc[nH]c(=O)c1Br)C(C)CC. The number of nitrogens with one attached hydrogen (secondary N) is 1. The Morgan fingerprint density at radius 2 is 2.24 bits per heavy atom. The maximum absolute atomic E-state index is 11.6. The second-order valence-electron chi connectivity index (χ2n) is 4.17. The standard InChI is InChI=1S/C12H20BrN3O/c1-4-6-7-16(9(3)5-2)11-10(13)12(17)15-8-14-11/h8-9H,4-7H2,1-3H3,(H,14,15,17). The fourth-order valence-electron chi connectivity index (χ4n) is 1.66. The molecule has 0 aliphatic carbocycles. The van der Waals surface area contributed by atoms with Crippen LogP contribution in [0.3, 0.4) is 0 Å². The maximum Gasteiger partial charge on any atom is 0.267 e. The Balaban J connectivity index is 3.03. The van der Waals surface area contributed by atoms with E-state index in [1.807, 2.05) is 0 Å². The van der Waals surface area contributed by atoms with E-state index in [9.17, 15) is 4.79 Å². The number of halogens is 1. The third-order valence-electron chi connectivity index (χ3n) is 2.93. The first-order valence-electron chi connectivity index (χ1n) is 6.11. The average Bonchev–Trinajstić information content (AvgIpc) is 2.34. The highest BCUT2D eigenvalue weighted by Gasteiger charge is 2.17. The molecular formula is C12H20BrN3O. The highest BCUT2D eigenvalue weighted by Crippen LogP contribution is 2.22. The van der Waals surface area contributed by atoms with Crippen molar-refractivity contribution in [3.63, 3.8) is 0 Å². The molecule has 1 aromatic heterocycles. The topological polar surface area (TPSA) is 49.0 Å². The van der Waals surface area contributed by atoms with Crippen molar-refractivity contribution in [3.05, 3.63) is 21.2 Å². The maximum atomic E-state index is 11.6. The molecule has 4 nitrogen and oxygen atoms in total. The van der Waals surface area contributed by atoms with Crippen LogP contribution in [0.5, 0.6) is 0 Å². The highest BCUT2D eigenvalue weighted by molar-refractivity contribution is 9.10. The van der Waals surface area contributed by atoms with Crippen LogP contribution in [0, 0.1) is 0 Å². The molecule has 1 unspecified atom stereocenters. The molecule has 1 N–H and O–H groups in total. The number of nitrogens with zero attached hydrogens (tertiary/aromatic N) is 2. The Labute approximate surface area is 111 Å². The first kappa shape index (κ1) is 14.2. The molecule has 1 heterocycles. The number of anilines is 1. The molecule has 0 saturated carbocycles. The molecule has 0 radical (unpaired) electrons. The second kappa shape index (κ2) is 6.79. The molecule has 1 aromatic rings. The summed E-state index contributed by atoms with van der Waals surface area (Å²) in [4.78, 5) is 20.6. The minimum absolute atomic E-state index is 0.125. The van der Waals surface area contributed by atoms with E-state index >= 15 is 0 Å². The number of hydrogen-bond acceptors (Lipinski definition) is 3. The molecule has 0 fully saturated rings. The van der Waals surface area contributed by atoms with E-state index in [1.165, 1.54) is 6.33 Å². The fraction of sp³-hybridized carbons (Fsp3) is 0.667. The van der Waals surface area contributed by atoms with Crippen LogP contribution in [0.2, 0.25) is 0 Å². The van der Waals surface area contributed by atoms with Crippen LogP contribution in [-0.2, 0) is 0 Å². The van der Waals surface area contributed by atoms with Gasteiger partial charge in [-0.05, 0) is 35.7 Å². The van der Waals surface area contributed by atoms with Crippen molar-refractivity contribution < 1.29 is 0 Å². The normalized spacial score (nSPS) is 12.5. The summed E-state index contributed by atoms with van der Waals surface area (Å²) in [5.74, 6) is 0.747. The zero-order valence-corrected chi connectivity index (χ0v) is 12.2. The predicted octanol–water partition coefficient (Wildman–Crippen LogP) is 2.94. The molecule has 1 rings (SSSR count). The van der Waals surface area contributed by atoms with Gasteiger partial charge in [0.2, 0.25) is 0 Å². The van der Waals surface area contributed by atoms with E-state index in [1.54, 1.807) is 0 Å². The summed E-state index contributed by atoms with van der Waals surface area (Å²) in [7, 11) is 0. The van der Waals surface area contributed by atoms with Gasteiger partial charge in [0.05, 0.1) is 6.33 Å². The molecular weight excluding hydrogens is 282 g/mol. The fourth-order valence-corrected chi connectivity index (χ4v) is 2.10. The Morgan fingerprint density at radius 1 is 1.53 bits per heavy atom. The molecule has 17 heavy (non-hydrogen) atoms. The molecule has 0 amide bonds. The molecule has 0 aliphatic heterocycles. The molecule has 1 atom stereocenters. The Bertz CT molecular complexity index is 405. The highest BCUT2D eigenvalue weighted by atomic mass is 79.9. The van der Waals surface area contributed by atoms with Crippen LogP contribution >= 0.6 is 15.9 Å². The largest absolute Gasteiger partial charge is 0.353 e. The number of rotatable bonds is 6. The van der Waals surface area contributed by atoms with E-state index in [4.69, 9.17) is 0 Å². The van der Waals surface area contributed by atoms with Gasteiger partial charge in [0, 0.05) is 12.6 Å². The van der Waals surface area contributed by atoms with E-state index in [0.29, 0.717) is 10.5 Å². The first-order chi connectivity index (χ1) is 8.11. The minimum atomic E-state index is -0.125. The molecule has 0 bridgehead atoms.